The summed E-state index contributed by atoms with van der Waals surface area (Å²) in [6.07, 6.45) is 0. The Morgan fingerprint density at radius 3 is 2.45 bits per heavy atom. The summed E-state index contributed by atoms with van der Waals surface area (Å²) in [4.78, 5) is 17.7. The summed E-state index contributed by atoms with van der Waals surface area (Å²) in [6, 6.07) is 20.6. The Hall–Kier alpha value is -2.43. The number of nitrogens with zero attached hydrogens (tertiary/aromatic N) is 1. The van der Waals surface area contributed by atoms with Crippen molar-refractivity contribution in [2.45, 2.75) is 14.5 Å². The molecule has 158 valence electrons. The minimum atomic E-state index is -3.80. The molecule has 0 saturated carbocycles. The maximum Gasteiger partial charge on any atom is 0.242 e. The summed E-state index contributed by atoms with van der Waals surface area (Å²) in [6.45, 7) is 0. The zero-order valence-electron chi connectivity index (χ0n) is 15.9. The lowest BCUT2D eigenvalue weighted by atomic mass is 10.1. The molecule has 0 saturated heterocycles. The fourth-order valence-electron chi connectivity index (χ4n) is 2.87. The predicted molar refractivity (Wildman–Crippen MR) is 126 cm³/mol. The predicted octanol–water partition coefficient (Wildman–Crippen LogP) is 5.07. The molecular formula is C21H16ClN3O3S3. The molecule has 1 heterocycles. The highest BCUT2D eigenvalue weighted by Gasteiger charge is 2.24. The first-order valence-electron chi connectivity index (χ1n) is 9.01. The Labute approximate surface area is 192 Å². The third-order valence-corrected chi connectivity index (χ3v) is 7.89. The minimum Gasteiger partial charge on any atom is -0.325 e. The largest absolute Gasteiger partial charge is 0.325 e. The van der Waals surface area contributed by atoms with Crippen LogP contribution in [0.5, 0.6) is 0 Å². The Balaban J connectivity index is 1.60. The van der Waals surface area contributed by atoms with Crippen molar-refractivity contribution in [2.75, 3.05) is 5.32 Å². The smallest absolute Gasteiger partial charge is 0.242 e. The maximum absolute atomic E-state index is 13.1. The number of thiazole rings is 1. The number of halogens is 1. The van der Waals surface area contributed by atoms with Crippen LogP contribution in [0, 0.1) is 0 Å². The van der Waals surface area contributed by atoms with E-state index in [9.17, 15) is 13.2 Å². The molecule has 0 aliphatic carbocycles. The number of benzene rings is 3. The molecule has 1 atom stereocenters. The number of amides is 1. The molecule has 0 radical (unpaired) electrons. The van der Waals surface area contributed by atoms with Gasteiger partial charge in [-0.25, -0.2) is 18.5 Å². The van der Waals surface area contributed by atoms with Crippen molar-refractivity contribution in [1.29, 1.82) is 0 Å². The van der Waals surface area contributed by atoms with E-state index >= 15 is 0 Å². The summed E-state index contributed by atoms with van der Waals surface area (Å²) in [5.41, 5.74) is 2.07. The number of carbonyl (C=O) groups is 1. The lowest BCUT2D eigenvalue weighted by molar-refractivity contribution is -0.115. The number of hydrogen-bond donors (Lipinski definition) is 2. The van der Waals surface area contributed by atoms with Gasteiger partial charge in [-0.3, -0.25) is 4.79 Å². The van der Waals surface area contributed by atoms with Crippen molar-refractivity contribution in [3.63, 3.8) is 0 Å². The van der Waals surface area contributed by atoms with E-state index < -0.39 is 15.3 Å². The Kier molecular flexibility index (Phi) is 6.31. The molecule has 4 aromatic rings. The SMILES string of the molecule is NS(=O)(=O)c1ccc(NC(=O)C(Sc2nc3cc(Cl)ccc3s2)c2ccccc2)cc1. The average Bonchev–Trinajstić information content (AvgIpc) is 3.14. The second-order valence-corrected chi connectivity index (χ2v) is 10.9. The second kappa shape index (κ2) is 8.97. The molecular weight excluding hydrogens is 474 g/mol. The first-order chi connectivity index (χ1) is 14.8. The van der Waals surface area contributed by atoms with Crippen LogP contribution >= 0.6 is 34.7 Å². The van der Waals surface area contributed by atoms with Crippen molar-refractivity contribution >= 4 is 66.5 Å². The quantitative estimate of drug-likeness (QED) is 0.368. The van der Waals surface area contributed by atoms with Crippen LogP contribution in [0.2, 0.25) is 5.02 Å². The molecule has 0 aliphatic rings. The van der Waals surface area contributed by atoms with Gasteiger partial charge in [-0.05, 0) is 48.0 Å². The molecule has 0 bridgehead atoms. The van der Waals surface area contributed by atoms with Crippen LogP contribution in [-0.4, -0.2) is 19.3 Å². The van der Waals surface area contributed by atoms with E-state index in [1.807, 2.05) is 42.5 Å². The summed E-state index contributed by atoms with van der Waals surface area (Å²) in [5, 5.41) is 8.02. The molecule has 1 aromatic heterocycles. The van der Waals surface area contributed by atoms with E-state index in [0.29, 0.717) is 10.7 Å². The lowest BCUT2D eigenvalue weighted by Crippen LogP contribution is -2.19. The fourth-order valence-corrected chi connectivity index (χ4v) is 5.79. The van der Waals surface area contributed by atoms with Crippen molar-refractivity contribution in [3.05, 3.63) is 83.4 Å². The molecule has 10 heteroatoms. The summed E-state index contributed by atoms with van der Waals surface area (Å²) < 4.78 is 24.6. The zero-order valence-corrected chi connectivity index (χ0v) is 19.1. The van der Waals surface area contributed by atoms with E-state index in [1.54, 1.807) is 6.07 Å². The second-order valence-electron chi connectivity index (χ2n) is 6.56. The van der Waals surface area contributed by atoms with Gasteiger partial charge in [-0.15, -0.1) is 11.3 Å². The lowest BCUT2D eigenvalue weighted by Gasteiger charge is -2.16. The van der Waals surface area contributed by atoms with Gasteiger partial charge in [0.25, 0.3) is 0 Å². The van der Waals surface area contributed by atoms with E-state index in [1.165, 1.54) is 47.4 Å². The highest BCUT2D eigenvalue weighted by atomic mass is 35.5. The summed E-state index contributed by atoms with van der Waals surface area (Å²) >= 11 is 8.89. The van der Waals surface area contributed by atoms with Crippen molar-refractivity contribution in [3.8, 4) is 0 Å². The molecule has 1 amide bonds. The number of rotatable bonds is 6. The number of fused-ring (bicyclic) bond motifs is 1. The average molecular weight is 490 g/mol. The third-order valence-electron chi connectivity index (χ3n) is 4.34. The maximum atomic E-state index is 13.1. The molecule has 6 nitrogen and oxygen atoms in total. The monoisotopic (exact) mass is 489 g/mol. The van der Waals surface area contributed by atoms with Gasteiger partial charge in [0.1, 0.15) is 5.25 Å². The summed E-state index contributed by atoms with van der Waals surface area (Å²) in [7, 11) is -3.80. The van der Waals surface area contributed by atoms with Crippen LogP contribution in [0.1, 0.15) is 10.8 Å². The number of anilines is 1. The number of hydrogen-bond acceptors (Lipinski definition) is 6. The van der Waals surface area contributed by atoms with Crippen LogP contribution in [0.15, 0.2) is 82.0 Å². The Bertz CT molecular complexity index is 1340. The first kappa shape index (κ1) is 21.8. The minimum absolute atomic E-state index is 0.0207. The van der Waals surface area contributed by atoms with Crippen LogP contribution in [0.25, 0.3) is 10.2 Å². The molecule has 0 spiro atoms. The van der Waals surface area contributed by atoms with Gasteiger partial charge in [0.05, 0.1) is 15.1 Å². The first-order valence-corrected chi connectivity index (χ1v) is 12.6. The Morgan fingerprint density at radius 1 is 1.06 bits per heavy atom. The molecule has 3 aromatic carbocycles. The number of primary sulfonamides is 1. The number of nitrogens with two attached hydrogens (primary N) is 1. The third kappa shape index (κ3) is 5.25. The van der Waals surface area contributed by atoms with Gasteiger partial charge in [-0.2, -0.15) is 0 Å². The van der Waals surface area contributed by atoms with Crippen molar-refractivity contribution < 1.29 is 13.2 Å². The van der Waals surface area contributed by atoms with Gasteiger partial charge in [0.15, 0.2) is 4.34 Å². The Morgan fingerprint density at radius 2 is 1.77 bits per heavy atom. The van der Waals surface area contributed by atoms with Gasteiger partial charge in [0.2, 0.25) is 15.9 Å². The van der Waals surface area contributed by atoms with Gasteiger partial charge in [0, 0.05) is 10.7 Å². The molecule has 0 fully saturated rings. The van der Waals surface area contributed by atoms with Gasteiger partial charge >= 0.3 is 0 Å². The molecule has 1 unspecified atom stereocenters. The van der Waals surface area contributed by atoms with Crippen LogP contribution in [0.4, 0.5) is 5.69 Å². The van der Waals surface area contributed by atoms with Crippen molar-refractivity contribution in [2.24, 2.45) is 5.14 Å². The van der Waals surface area contributed by atoms with E-state index in [4.69, 9.17) is 16.7 Å². The number of sulfonamides is 1. The molecule has 3 N–H and O–H groups in total. The van der Waals surface area contributed by atoms with E-state index in [0.717, 1.165) is 20.1 Å². The van der Waals surface area contributed by atoms with Gasteiger partial charge in [-0.1, -0.05) is 53.7 Å². The van der Waals surface area contributed by atoms with Gasteiger partial charge < -0.3 is 5.32 Å². The zero-order chi connectivity index (χ0) is 22.0. The van der Waals surface area contributed by atoms with E-state index in [-0.39, 0.29) is 10.8 Å². The number of carbonyl (C=O) groups excluding carboxylic acids is 1. The highest BCUT2D eigenvalue weighted by Crippen LogP contribution is 2.40. The number of nitrogens with one attached hydrogen (secondary N) is 1. The van der Waals surface area contributed by atoms with Crippen LogP contribution in [0.3, 0.4) is 0 Å². The van der Waals surface area contributed by atoms with E-state index in [2.05, 4.69) is 10.3 Å². The molecule has 0 aliphatic heterocycles. The molecule has 4 rings (SSSR count). The van der Waals surface area contributed by atoms with Crippen LogP contribution in [-0.2, 0) is 14.8 Å². The normalized spacial score (nSPS) is 12.6. The van der Waals surface area contributed by atoms with Crippen LogP contribution < -0.4 is 10.5 Å². The number of thioether (sulfide) groups is 1. The fraction of sp³-hybridized carbons (Fsp3) is 0.0476. The molecule has 31 heavy (non-hydrogen) atoms. The standard InChI is InChI=1S/C21H16ClN3O3S3/c22-14-6-11-18-17(12-14)25-21(29-18)30-19(13-4-2-1-3-5-13)20(26)24-15-7-9-16(10-8-15)31(23,27)28/h1-12,19H,(H,24,26)(H2,23,27,28). The highest BCUT2D eigenvalue weighted by molar-refractivity contribution is 8.02. The number of aromatic nitrogens is 1. The summed E-state index contributed by atoms with van der Waals surface area (Å²) in [5.74, 6) is -0.253. The topological polar surface area (TPSA) is 102 Å². The van der Waals surface area contributed by atoms with Crippen molar-refractivity contribution in [1.82, 2.24) is 4.98 Å².